The molecular formula is C12H17N2O. The molecule has 0 atom stereocenters. The summed E-state index contributed by atoms with van der Waals surface area (Å²) in [6.07, 6.45) is 3.67. The molecule has 0 saturated carbocycles. The Kier molecular flexibility index (Phi) is 4.81. The zero-order chi connectivity index (χ0) is 11.1. The topological polar surface area (TPSA) is 42.0 Å². The molecule has 0 saturated heterocycles. The third-order valence-corrected chi connectivity index (χ3v) is 2.04. The maximum atomic E-state index is 11.5. The van der Waals surface area contributed by atoms with Gasteiger partial charge in [0, 0.05) is 12.7 Å². The van der Waals surface area contributed by atoms with Gasteiger partial charge in [0.25, 0.3) is 5.91 Å². The number of aromatic nitrogens is 1. The first kappa shape index (κ1) is 11.7. The van der Waals surface area contributed by atoms with Crippen LogP contribution in [0.25, 0.3) is 0 Å². The Balaban J connectivity index is 2.25. The molecule has 1 heterocycles. The van der Waals surface area contributed by atoms with Crippen LogP contribution in [0, 0.1) is 5.92 Å². The third-order valence-electron chi connectivity index (χ3n) is 2.04. The van der Waals surface area contributed by atoms with Crippen LogP contribution in [0.1, 0.15) is 37.2 Å². The van der Waals surface area contributed by atoms with Crippen LogP contribution in [0.2, 0.25) is 0 Å². The van der Waals surface area contributed by atoms with Crippen LogP contribution in [0.4, 0.5) is 0 Å². The van der Waals surface area contributed by atoms with Gasteiger partial charge in [0.15, 0.2) is 0 Å². The molecule has 0 aliphatic heterocycles. The molecule has 0 spiro atoms. The molecule has 1 radical (unpaired) electrons. The number of pyridine rings is 1. The molecule has 0 bridgehead atoms. The van der Waals surface area contributed by atoms with Crippen LogP contribution < -0.4 is 5.32 Å². The van der Waals surface area contributed by atoms with E-state index in [1.165, 1.54) is 5.92 Å². The van der Waals surface area contributed by atoms with Gasteiger partial charge >= 0.3 is 0 Å². The fraction of sp³-hybridized carbons (Fsp3) is 0.417. The average Bonchev–Trinajstić information content (AvgIpc) is 2.25. The maximum Gasteiger partial charge on any atom is 0.269 e. The lowest BCUT2D eigenvalue weighted by Gasteiger charge is -2.05. The molecule has 1 amide bonds. The minimum Gasteiger partial charge on any atom is -0.351 e. The molecular weight excluding hydrogens is 188 g/mol. The van der Waals surface area contributed by atoms with Gasteiger partial charge in [0.2, 0.25) is 0 Å². The van der Waals surface area contributed by atoms with Crippen LogP contribution in [-0.4, -0.2) is 17.4 Å². The van der Waals surface area contributed by atoms with Crippen LogP contribution >= 0.6 is 0 Å². The fourth-order valence-corrected chi connectivity index (χ4v) is 1.23. The van der Waals surface area contributed by atoms with E-state index in [0.717, 1.165) is 12.8 Å². The standard InChI is InChI=1S/C12H17N2O/c1-10(2)6-5-9-14-12(15)11-7-3-4-8-13-11/h3-4,7-8H,5-6,9H2,1-2H3,(H,14,15). The average molecular weight is 205 g/mol. The molecule has 3 heteroatoms. The molecule has 1 N–H and O–H groups in total. The Labute approximate surface area is 90.9 Å². The van der Waals surface area contributed by atoms with Gasteiger partial charge in [0.05, 0.1) is 0 Å². The van der Waals surface area contributed by atoms with E-state index < -0.39 is 0 Å². The van der Waals surface area contributed by atoms with Crippen molar-refractivity contribution in [2.75, 3.05) is 6.54 Å². The van der Waals surface area contributed by atoms with Crippen molar-refractivity contribution in [1.29, 1.82) is 0 Å². The monoisotopic (exact) mass is 205 g/mol. The zero-order valence-corrected chi connectivity index (χ0v) is 9.29. The van der Waals surface area contributed by atoms with E-state index in [1.807, 2.05) is 6.07 Å². The van der Waals surface area contributed by atoms with Crippen LogP contribution in [0.3, 0.4) is 0 Å². The van der Waals surface area contributed by atoms with Gasteiger partial charge in [-0.15, -0.1) is 0 Å². The van der Waals surface area contributed by atoms with Crippen molar-refractivity contribution in [2.24, 2.45) is 0 Å². The molecule has 0 unspecified atom stereocenters. The minimum absolute atomic E-state index is 0.0932. The lowest BCUT2D eigenvalue weighted by Crippen LogP contribution is -2.25. The van der Waals surface area contributed by atoms with Crippen molar-refractivity contribution >= 4 is 5.91 Å². The summed E-state index contributed by atoms with van der Waals surface area (Å²) >= 11 is 0. The van der Waals surface area contributed by atoms with E-state index in [4.69, 9.17) is 0 Å². The number of nitrogens with one attached hydrogen (secondary N) is 1. The Bertz CT molecular complexity index is 296. The van der Waals surface area contributed by atoms with Gasteiger partial charge in [-0.2, -0.15) is 0 Å². The Hall–Kier alpha value is -1.38. The highest BCUT2D eigenvalue weighted by Crippen LogP contribution is 2.04. The predicted octanol–water partition coefficient (Wildman–Crippen LogP) is 2.21. The minimum atomic E-state index is -0.0932. The second kappa shape index (κ2) is 6.17. The quantitative estimate of drug-likeness (QED) is 0.749. The van der Waals surface area contributed by atoms with E-state index in [2.05, 4.69) is 24.1 Å². The predicted molar refractivity (Wildman–Crippen MR) is 60.4 cm³/mol. The van der Waals surface area contributed by atoms with E-state index in [-0.39, 0.29) is 5.91 Å². The largest absolute Gasteiger partial charge is 0.351 e. The zero-order valence-electron chi connectivity index (χ0n) is 9.29. The Morgan fingerprint density at radius 3 is 2.80 bits per heavy atom. The van der Waals surface area contributed by atoms with E-state index in [0.29, 0.717) is 12.2 Å². The van der Waals surface area contributed by atoms with Gasteiger partial charge in [-0.1, -0.05) is 19.9 Å². The molecule has 1 aromatic heterocycles. The van der Waals surface area contributed by atoms with Crippen molar-refractivity contribution in [3.8, 4) is 0 Å². The van der Waals surface area contributed by atoms with Crippen LogP contribution in [0.15, 0.2) is 24.4 Å². The normalized spacial score (nSPS) is 10.3. The van der Waals surface area contributed by atoms with E-state index in [9.17, 15) is 4.79 Å². The molecule has 0 aromatic carbocycles. The molecule has 1 aromatic rings. The van der Waals surface area contributed by atoms with Crippen molar-refractivity contribution in [1.82, 2.24) is 10.3 Å². The summed E-state index contributed by atoms with van der Waals surface area (Å²) in [6, 6.07) is 5.32. The second-order valence-corrected chi connectivity index (χ2v) is 3.78. The van der Waals surface area contributed by atoms with Crippen LogP contribution in [0.5, 0.6) is 0 Å². The summed E-state index contributed by atoms with van der Waals surface area (Å²) in [4.78, 5) is 15.5. The number of nitrogens with zero attached hydrogens (tertiary/aromatic N) is 1. The van der Waals surface area contributed by atoms with E-state index >= 15 is 0 Å². The number of hydrogen-bond donors (Lipinski definition) is 1. The van der Waals surface area contributed by atoms with Gasteiger partial charge in [-0.05, 0) is 30.9 Å². The first-order chi connectivity index (χ1) is 7.20. The van der Waals surface area contributed by atoms with E-state index in [1.54, 1.807) is 18.3 Å². The molecule has 1 rings (SSSR count). The maximum absolute atomic E-state index is 11.5. The highest BCUT2D eigenvalue weighted by atomic mass is 16.1. The van der Waals surface area contributed by atoms with Crippen LogP contribution in [-0.2, 0) is 0 Å². The Morgan fingerprint density at radius 2 is 2.20 bits per heavy atom. The molecule has 0 fully saturated rings. The van der Waals surface area contributed by atoms with Crippen molar-refractivity contribution in [3.05, 3.63) is 36.0 Å². The SMILES string of the molecule is C[C](C)CCCNC(=O)c1ccccn1. The smallest absolute Gasteiger partial charge is 0.269 e. The molecule has 0 aliphatic carbocycles. The molecule has 3 nitrogen and oxygen atoms in total. The number of amides is 1. The number of carbonyl (C=O) groups excluding carboxylic acids is 1. The second-order valence-electron chi connectivity index (χ2n) is 3.78. The molecule has 81 valence electrons. The summed E-state index contributed by atoms with van der Waals surface area (Å²) in [7, 11) is 0. The summed E-state index contributed by atoms with van der Waals surface area (Å²) in [6.45, 7) is 4.90. The first-order valence-electron chi connectivity index (χ1n) is 5.18. The molecule has 0 aliphatic rings. The first-order valence-corrected chi connectivity index (χ1v) is 5.18. The highest BCUT2D eigenvalue weighted by Gasteiger charge is 2.04. The number of rotatable bonds is 5. The summed E-state index contributed by atoms with van der Waals surface area (Å²) in [5.41, 5.74) is 0.481. The van der Waals surface area contributed by atoms with Crippen molar-refractivity contribution < 1.29 is 4.79 Å². The highest BCUT2D eigenvalue weighted by molar-refractivity contribution is 5.92. The van der Waals surface area contributed by atoms with Gasteiger partial charge in [-0.25, -0.2) is 0 Å². The van der Waals surface area contributed by atoms with Gasteiger partial charge in [-0.3, -0.25) is 9.78 Å². The lowest BCUT2D eigenvalue weighted by molar-refractivity contribution is 0.0948. The fourth-order valence-electron chi connectivity index (χ4n) is 1.23. The van der Waals surface area contributed by atoms with Gasteiger partial charge in [0.1, 0.15) is 5.69 Å². The van der Waals surface area contributed by atoms with Crippen molar-refractivity contribution in [3.63, 3.8) is 0 Å². The van der Waals surface area contributed by atoms with Crippen molar-refractivity contribution in [2.45, 2.75) is 26.7 Å². The summed E-state index contributed by atoms with van der Waals surface area (Å²) in [5.74, 6) is 1.30. The molecule has 15 heavy (non-hydrogen) atoms. The number of hydrogen-bond acceptors (Lipinski definition) is 2. The Morgan fingerprint density at radius 1 is 1.40 bits per heavy atom. The lowest BCUT2D eigenvalue weighted by atomic mass is 10.1. The van der Waals surface area contributed by atoms with Gasteiger partial charge < -0.3 is 5.32 Å². The summed E-state index contributed by atoms with van der Waals surface area (Å²) < 4.78 is 0. The number of carbonyl (C=O) groups is 1. The summed E-state index contributed by atoms with van der Waals surface area (Å²) in [5, 5.41) is 2.84. The third kappa shape index (κ3) is 4.58.